The number of hydrogen-bond acceptors (Lipinski definition) is 4. The molecule has 0 bridgehead atoms. The van der Waals surface area contributed by atoms with E-state index in [9.17, 15) is 0 Å². The fourth-order valence-corrected chi connectivity index (χ4v) is 15.6. The molecule has 0 saturated carbocycles. The zero-order valence-electron chi connectivity index (χ0n) is 49.0. The SMILES string of the molecule is Bc1c(B)c(B)c(N(c2ccccc2)c2cc3c4c(c2)N(c2ccc5c(c2)C(C)(C)CCC5(C)C)c2c(sc5cc6c(cc25)C(C)(C)CCC6(C)C)B4c2cc(C(C)(C)C)ccc2N3c2cc(C)cc(C)c2)c(B)c1B. The molecule has 0 unspecified atom stereocenters. The van der Waals surface area contributed by atoms with Crippen molar-refractivity contribution in [3.63, 3.8) is 0 Å². The molecule has 76 heavy (non-hydrogen) atoms. The largest absolute Gasteiger partial charge is 0.312 e. The molecule has 0 radical (unpaired) electrons. The van der Waals surface area contributed by atoms with Gasteiger partial charge in [0.25, 0.3) is 6.71 Å². The van der Waals surface area contributed by atoms with Crippen LogP contribution < -0.4 is 57.7 Å². The highest BCUT2D eigenvalue weighted by atomic mass is 32.1. The Kier molecular flexibility index (Phi) is 11.5. The van der Waals surface area contributed by atoms with Crippen molar-refractivity contribution in [2.45, 2.75) is 143 Å². The van der Waals surface area contributed by atoms with Gasteiger partial charge in [-0.1, -0.05) is 140 Å². The molecule has 3 heterocycles. The Hall–Kier alpha value is -5.71. The molecule has 378 valence electrons. The van der Waals surface area contributed by atoms with E-state index in [0.717, 1.165) is 17.8 Å². The van der Waals surface area contributed by atoms with E-state index in [-0.39, 0.29) is 33.8 Å². The van der Waals surface area contributed by atoms with Crippen molar-refractivity contribution in [3.8, 4) is 0 Å². The lowest BCUT2D eigenvalue weighted by Crippen LogP contribution is -2.60. The summed E-state index contributed by atoms with van der Waals surface area (Å²) in [7, 11) is 11.6. The molecule has 0 N–H and O–H groups in total. The van der Waals surface area contributed by atoms with Gasteiger partial charge in [0, 0.05) is 54.7 Å². The molecule has 0 saturated heterocycles. The summed E-state index contributed by atoms with van der Waals surface area (Å²) in [5.74, 6) is 0. The zero-order valence-corrected chi connectivity index (χ0v) is 49.9. The molecule has 12 rings (SSSR count). The van der Waals surface area contributed by atoms with E-state index in [0.29, 0.717) is 0 Å². The fourth-order valence-electron chi connectivity index (χ4n) is 14.3. The summed E-state index contributed by atoms with van der Waals surface area (Å²) in [5.41, 5.74) is 30.7. The molecule has 3 nitrogen and oxygen atoms in total. The first-order valence-electron chi connectivity index (χ1n) is 28.4. The molecule has 10 heteroatoms. The Morgan fingerprint density at radius 3 is 1.64 bits per heavy atom. The quantitative estimate of drug-likeness (QED) is 0.161. The van der Waals surface area contributed by atoms with Crippen LogP contribution in [0.1, 0.15) is 141 Å². The Morgan fingerprint density at radius 2 is 1.05 bits per heavy atom. The first-order chi connectivity index (χ1) is 35.7. The molecule has 7 aromatic carbocycles. The van der Waals surface area contributed by atoms with Crippen LogP contribution in [0.5, 0.6) is 0 Å². The molecular formula is C66H75B6N3S. The normalized spacial score (nSPS) is 17.4. The van der Waals surface area contributed by atoms with Crippen LogP contribution in [0.15, 0.2) is 109 Å². The third-order valence-electron chi connectivity index (χ3n) is 19.5. The number of rotatable bonds is 5. The first-order valence-corrected chi connectivity index (χ1v) is 29.2. The Bertz CT molecular complexity index is 3720. The van der Waals surface area contributed by atoms with Gasteiger partial charge in [0.15, 0.2) is 0 Å². The van der Waals surface area contributed by atoms with Crippen LogP contribution in [0.4, 0.5) is 51.2 Å². The van der Waals surface area contributed by atoms with Crippen LogP contribution in [-0.4, -0.2) is 45.9 Å². The molecule has 0 atom stereocenters. The number of thiophene rings is 1. The molecule has 4 aliphatic rings. The molecule has 0 spiro atoms. The van der Waals surface area contributed by atoms with E-state index < -0.39 is 0 Å². The van der Waals surface area contributed by atoms with Gasteiger partial charge in [-0.3, -0.25) is 0 Å². The summed E-state index contributed by atoms with van der Waals surface area (Å²) in [6.07, 6.45) is 4.70. The van der Waals surface area contributed by atoms with Crippen LogP contribution in [0.3, 0.4) is 0 Å². The van der Waals surface area contributed by atoms with Gasteiger partial charge in [0.1, 0.15) is 39.2 Å². The number of hydrogen-bond donors (Lipinski definition) is 0. The van der Waals surface area contributed by atoms with Crippen LogP contribution in [0.25, 0.3) is 10.1 Å². The third kappa shape index (κ3) is 7.71. The van der Waals surface area contributed by atoms with E-state index in [1.807, 2.05) is 0 Å². The number of para-hydroxylation sites is 1. The number of fused-ring (bicyclic) bond motifs is 8. The molecule has 0 amide bonds. The van der Waals surface area contributed by atoms with Crippen LogP contribution in [-0.2, 0) is 27.1 Å². The second-order valence-corrected chi connectivity index (χ2v) is 28.6. The maximum absolute atomic E-state index is 2.77. The van der Waals surface area contributed by atoms with Crippen molar-refractivity contribution in [1.29, 1.82) is 0 Å². The van der Waals surface area contributed by atoms with Gasteiger partial charge in [-0.2, -0.15) is 0 Å². The monoisotopic (exact) mass is 1010 g/mol. The third-order valence-corrected chi connectivity index (χ3v) is 20.7. The van der Waals surface area contributed by atoms with Crippen LogP contribution in [0, 0.1) is 13.8 Å². The molecular weight excluding hydrogens is 932 g/mol. The van der Waals surface area contributed by atoms with E-state index >= 15 is 0 Å². The highest BCUT2D eigenvalue weighted by molar-refractivity contribution is 7.33. The summed E-state index contributed by atoms with van der Waals surface area (Å²) in [5, 5.41) is 1.38. The van der Waals surface area contributed by atoms with E-state index in [4.69, 9.17) is 0 Å². The smallest absolute Gasteiger partial charge is 0.264 e. The summed E-state index contributed by atoms with van der Waals surface area (Å²) in [6, 6.07) is 43.9. The van der Waals surface area contributed by atoms with Gasteiger partial charge >= 0.3 is 0 Å². The van der Waals surface area contributed by atoms with Crippen LogP contribution in [0.2, 0.25) is 0 Å². The number of benzene rings is 7. The lowest BCUT2D eigenvalue weighted by molar-refractivity contribution is 0.332. The highest BCUT2D eigenvalue weighted by Crippen LogP contribution is 2.55. The summed E-state index contributed by atoms with van der Waals surface area (Å²) >= 11 is 2.06. The van der Waals surface area contributed by atoms with E-state index in [1.165, 1.54) is 151 Å². The second-order valence-electron chi connectivity index (χ2n) is 27.5. The predicted molar refractivity (Wildman–Crippen MR) is 350 cm³/mol. The summed E-state index contributed by atoms with van der Waals surface area (Å²) < 4.78 is 2.83. The molecule has 0 fully saturated rings. The number of nitrogens with zero attached hydrogens (tertiary/aromatic N) is 3. The number of aryl methyl sites for hydroxylation is 2. The minimum Gasteiger partial charge on any atom is -0.312 e. The van der Waals surface area contributed by atoms with Crippen molar-refractivity contribution in [2.24, 2.45) is 0 Å². The van der Waals surface area contributed by atoms with Gasteiger partial charge in [-0.25, -0.2) is 0 Å². The Morgan fingerprint density at radius 1 is 0.513 bits per heavy atom. The van der Waals surface area contributed by atoms with Crippen molar-refractivity contribution in [2.75, 3.05) is 14.7 Å². The molecule has 2 aliphatic heterocycles. The fraction of sp³-hybridized carbons (Fsp3) is 0.333. The average Bonchev–Trinajstić information content (AvgIpc) is 3.84. The van der Waals surface area contributed by atoms with Gasteiger partial charge in [0.2, 0.25) is 0 Å². The minimum absolute atomic E-state index is 0.00859. The Labute approximate surface area is 464 Å². The van der Waals surface area contributed by atoms with Gasteiger partial charge in [-0.05, 0) is 183 Å². The predicted octanol–water partition coefficient (Wildman–Crippen LogP) is 8.36. The second kappa shape index (κ2) is 17.1. The highest BCUT2D eigenvalue weighted by Gasteiger charge is 2.48. The summed E-state index contributed by atoms with van der Waals surface area (Å²) in [6.45, 7) is 31.5. The molecule has 8 aromatic rings. The Balaban J connectivity index is 1.28. The van der Waals surface area contributed by atoms with Gasteiger partial charge < -0.3 is 14.7 Å². The lowest BCUT2D eigenvalue weighted by Gasteiger charge is -2.46. The number of anilines is 9. The summed E-state index contributed by atoms with van der Waals surface area (Å²) in [4.78, 5) is 8.02. The molecule has 1 aromatic heterocycles. The minimum atomic E-state index is -0.0490. The first kappa shape index (κ1) is 51.1. The van der Waals surface area contributed by atoms with Crippen molar-refractivity contribution >= 4 is 162 Å². The van der Waals surface area contributed by atoms with Crippen molar-refractivity contribution < 1.29 is 0 Å². The van der Waals surface area contributed by atoms with Gasteiger partial charge in [-0.15, -0.1) is 16.8 Å². The van der Waals surface area contributed by atoms with Crippen molar-refractivity contribution in [3.05, 3.63) is 148 Å². The van der Waals surface area contributed by atoms with E-state index in [1.54, 1.807) is 0 Å². The zero-order chi connectivity index (χ0) is 54.1. The average molecular weight is 1010 g/mol. The topological polar surface area (TPSA) is 9.72 Å². The maximum atomic E-state index is 2.77. The maximum Gasteiger partial charge on any atom is 0.264 e. The lowest BCUT2D eigenvalue weighted by atomic mass is 9.36. The van der Waals surface area contributed by atoms with E-state index in [2.05, 4.69) is 264 Å². The molecule has 2 aliphatic carbocycles. The van der Waals surface area contributed by atoms with Crippen molar-refractivity contribution in [1.82, 2.24) is 0 Å². The van der Waals surface area contributed by atoms with Gasteiger partial charge in [0.05, 0.1) is 11.4 Å². The van der Waals surface area contributed by atoms with Crippen LogP contribution >= 0.6 is 11.3 Å². The standard InChI is InChI=1S/C66H75B6N3S/c1-36-27-37(2)29-41(28-36)74-49-22-19-38(62(3,4)5)30-48(49)72-58-50(74)32-42(73(39-17-15-14-16-18-39)60-56(70)54(68)53(67)55(69)57(60)71)33-51(58)75(40-20-21-44-45(31-40)64(8,9)24-23-63(44,6)7)59-43-34-46-47(35-52(43)76-61(59)72)66(12,13)26-25-65(46,10)11/h14-22,27-35H,23-26,67-71H2,1-13H3.